The van der Waals surface area contributed by atoms with Gasteiger partial charge in [0.05, 0.1) is 5.56 Å². The molecule has 0 aromatic carbocycles. The molecule has 0 bridgehead atoms. The van der Waals surface area contributed by atoms with Crippen molar-refractivity contribution in [2.24, 2.45) is 0 Å². The molecule has 0 saturated carbocycles. The summed E-state index contributed by atoms with van der Waals surface area (Å²) >= 11 is 1.70. The van der Waals surface area contributed by atoms with Crippen LogP contribution in [0.4, 0.5) is 5.82 Å². The number of nitriles is 1. The highest BCUT2D eigenvalue weighted by atomic mass is 32.1. The van der Waals surface area contributed by atoms with Crippen LogP contribution in [0.15, 0.2) is 29.1 Å². The van der Waals surface area contributed by atoms with Gasteiger partial charge in [0.1, 0.15) is 11.9 Å². The first-order valence-electron chi connectivity index (χ1n) is 5.42. The van der Waals surface area contributed by atoms with Crippen molar-refractivity contribution in [1.82, 2.24) is 4.98 Å². The zero-order valence-electron chi connectivity index (χ0n) is 9.60. The van der Waals surface area contributed by atoms with Crippen LogP contribution in [0.25, 0.3) is 0 Å². The Morgan fingerprint density at radius 2 is 2.35 bits per heavy atom. The van der Waals surface area contributed by atoms with E-state index in [0.717, 1.165) is 18.5 Å². The number of rotatable bonds is 4. The van der Waals surface area contributed by atoms with Gasteiger partial charge in [-0.15, -0.1) is 0 Å². The Labute approximate surface area is 105 Å². The van der Waals surface area contributed by atoms with Crippen LogP contribution in [-0.4, -0.2) is 11.5 Å². The smallest absolute Gasteiger partial charge is 0.144 e. The Morgan fingerprint density at radius 1 is 1.47 bits per heavy atom. The van der Waals surface area contributed by atoms with Crippen molar-refractivity contribution < 1.29 is 0 Å². The van der Waals surface area contributed by atoms with Crippen molar-refractivity contribution in [2.45, 2.75) is 13.3 Å². The lowest BCUT2D eigenvalue weighted by molar-refractivity contribution is 1.01. The van der Waals surface area contributed by atoms with Gasteiger partial charge in [-0.05, 0) is 47.4 Å². The molecule has 0 aliphatic heterocycles. The van der Waals surface area contributed by atoms with Gasteiger partial charge < -0.3 is 5.32 Å². The fraction of sp³-hybridized carbons (Fsp3) is 0.231. The summed E-state index contributed by atoms with van der Waals surface area (Å²) in [7, 11) is 0. The Kier molecular flexibility index (Phi) is 3.73. The van der Waals surface area contributed by atoms with Gasteiger partial charge in [0.15, 0.2) is 0 Å². The van der Waals surface area contributed by atoms with Gasteiger partial charge in [0.2, 0.25) is 0 Å². The third-order valence-corrected chi connectivity index (χ3v) is 3.29. The number of anilines is 1. The highest BCUT2D eigenvalue weighted by molar-refractivity contribution is 7.07. The first-order valence-corrected chi connectivity index (χ1v) is 6.36. The molecule has 2 heterocycles. The quantitative estimate of drug-likeness (QED) is 0.898. The molecule has 86 valence electrons. The summed E-state index contributed by atoms with van der Waals surface area (Å²) in [5.41, 5.74) is 2.91. The number of hydrogen-bond acceptors (Lipinski definition) is 4. The maximum absolute atomic E-state index is 9.05. The van der Waals surface area contributed by atoms with Gasteiger partial charge in [-0.1, -0.05) is 0 Å². The Morgan fingerprint density at radius 3 is 3.06 bits per heavy atom. The van der Waals surface area contributed by atoms with Crippen molar-refractivity contribution in [3.05, 3.63) is 45.8 Å². The van der Waals surface area contributed by atoms with E-state index >= 15 is 0 Å². The van der Waals surface area contributed by atoms with Crippen LogP contribution in [0.2, 0.25) is 0 Å². The average Bonchev–Trinajstić information content (AvgIpc) is 2.82. The van der Waals surface area contributed by atoms with Crippen LogP contribution in [0, 0.1) is 18.3 Å². The highest BCUT2D eigenvalue weighted by Gasteiger charge is 2.05. The van der Waals surface area contributed by atoms with E-state index in [1.54, 1.807) is 17.5 Å². The highest BCUT2D eigenvalue weighted by Crippen LogP contribution is 2.15. The zero-order valence-corrected chi connectivity index (χ0v) is 10.4. The third kappa shape index (κ3) is 2.83. The van der Waals surface area contributed by atoms with E-state index in [4.69, 9.17) is 5.26 Å². The van der Waals surface area contributed by atoms with Crippen LogP contribution < -0.4 is 5.32 Å². The second-order valence-electron chi connectivity index (χ2n) is 3.77. The van der Waals surface area contributed by atoms with Crippen molar-refractivity contribution >= 4 is 17.2 Å². The van der Waals surface area contributed by atoms with Gasteiger partial charge >= 0.3 is 0 Å². The molecule has 0 fully saturated rings. The average molecular weight is 243 g/mol. The molecule has 0 spiro atoms. The lowest BCUT2D eigenvalue weighted by atomic mass is 10.1. The molecule has 1 N–H and O–H groups in total. The minimum absolute atomic E-state index is 0.637. The molecule has 2 aromatic heterocycles. The molecule has 0 aliphatic carbocycles. The molecule has 0 radical (unpaired) electrons. The summed E-state index contributed by atoms with van der Waals surface area (Å²) in [5.74, 6) is 0.683. The zero-order chi connectivity index (χ0) is 12.1. The lowest BCUT2D eigenvalue weighted by Crippen LogP contribution is -2.08. The largest absolute Gasteiger partial charge is 0.369 e. The Bertz CT molecular complexity index is 526. The number of aromatic nitrogens is 1. The van der Waals surface area contributed by atoms with Gasteiger partial charge in [0, 0.05) is 12.7 Å². The fourth-order valence-corrected chi connectivity index (χ4v) is 2.30. The molecule has 2 rings (SSSR count). The van der Waals surface area contributed by atoms with Gasteiger partial charge in [0.25, 0.3) is 0 Å². The van der Waals surface area contributed by atoms with E-state index in [1.165, 1.54) is 5.56 Å². The van der Waals surface area contributed by atoms with E-state index in [-0.39, 0.29) is 0 Å². The van der Waals surface area contributed by atoms with E-state index in [9.17, 15) is 0 Å². The molecule has 0 saturated heterocycles. The number of hydrogen-bond donors (Lipinski definition) is 1. The molecule has 3 nitrogen and oxygen atoms in total. The number of nitrogens with one attached hydrogen (secondary N) is 1. The molecular weight excluding hydrogens is 230 g/mol. The summed E-state index contributed by atoms with van der Waals surface area (Å²) in [5, 5.41) is 16.5. The summed E-state index contributed by atoms with van der Waals surface area (Å²) in [6, 6.07) is 6.15. The van der Waals surface area contributed by atoms with E-state index in [0.29, 0.717) is 11.4 Å². The topological polar surface area (TPSA) is 48.7 Å². The van der Waals surface area contributed by atoms with Crippen LogP contribution in [-0.2, 0) is 6.42 Å². The van der Waals surface area contributed by atoms with E-state index in [2.05, 4.69) is 33.2 Å². The standard InChI is InChI=1S/C13H13N3S/c1-10-2-5-15-13(12(10)8-14)16-6-3-11-4-7-17-9-11/h2,4-5,7,9H,3,6H2,1H3,(H,15,16). The second-order valence-corrected chi connectivity index (χ2v) is 4.55. The molecule has 0 aliphatic rings. The minimum Gasteiger partial charge on any atom is -0.369 e. The van der Waals surface area contributed by atoms with Crippen molar-refractivity contribution in [2.75, 3.05) is 11.9 Å². The number of thiophene rings is 1. The number of nitrogens with zero attached hydrogens (tertiary/aromatic N) is 2. The Hall–Kier alpha value is -1.86. The predicted molar refractivity (Wildman–Crippen MR) is 70.2 cm³/mol. The van der Waals surface area contributed by atoms with E-state index in [1.807, 2.05) is 13.0 Å². The van der Waals surface area contributed by atoms with Gasteiger partial charge in [-0.3, -0.25) is 0 Å². The molecular formula is C13H13N3S. The summed E-state index contributed by atoms with van der Waals surface area (Å²) in [6.07, 6.45) is 2.67. The molecule has 17 heavy (non-hydrogen) atoms. The molecule has 0 atom stereocenters. The van der Waals surface area contributed by atoms with Crippen molar-refractivity contribution in [3.8, 4) is 6.07 Å². The third-order valence-electron chi connectivity index (χ3n) is 2.56. The maximum atomic E-state index is 9.05. The second kappa shape index (κ2) is 5.46. The normalized spacial score (nSPS) is 9.88. The van der Waals surface area contributed by atoms with E-state index < -0.39 is 0 Å². The summed E-state index contributed by atoms with van der Waals surface area (Å²) in [4.78, 5) is 4.20. The predicted octanol–water partition coefficient (Wildman–Crippen LogP) is 2.98. The van der Waals surface area contributed by atoms with Crippen LogP contribution in [0.3, 0.4) is 0 Å². The molecule has 0 amide bonds. The Balaban J connectivity index is 2.00. The number of aryl methyl sites for hydroxylation is 1. The summed E-state index contributed by atoms with van der Waals surface area (Å²) < 4.78 is 0. The van der Waals surface area contributed by atoms with Crippen LogP contribution in [0.1, 0.15) is 16.7 Å². The number of pyridine rings is 1. The SMILES string of the molecule is Cc1ccnc(NCCc2ccsc2)c1C#N. The van der Waals surface area contributed by atoms with Crippen molar-refractivity contribution in [3.63, 3.8) is 0 Å². The molecule has 2 aromatic rings. The van der Waals surface area contributed by atoms with Gasteiger partial charge in [-0.25, -0.2) is 4.98 Å². The van der Waals surface area contributed by atoms with Crippen LogP contribution >= 0.6 is 11.3 Å². The first kappa shape index (κ1) is 11.6. The van der Waals surface area contributed by atoms with Crippen molar-refractivity contribution in [1.29, 1.82) is 5.26 Å². The fourth-order valence-electron chi connectivity index (χ4n) is 1.59. The molecule has 0 unspecified atom stereocenters. The maximum Gasteiger partial charge on any atom is 0.144 e. The van der Waals surface area contributed by atoms with Crippen LogP contribution in [0.5, 0.6) is 0 Å². The van der Waals surface area contributed by atoms with Gasteiger partial charge in [-0.2, -0.15) is 16.6 Å². The first-order chi connectivity index (χ1) is 8.31. The monoisotopic (exact) mass is 243 g/mol. The lowest BCUT2D eigenvalue weighted by Gasteiger charge is -2.07. The minimum atomic E-state index is 0.637. The summed E-state index contributed by atoms with van der Waals surface area (Å²) in [6.45, 7) is 2.71. The molecule has 4 heteroatoms.